The molecule has 0 N–H and O–H groups in total. The van der Waals surface area contributed by atoms with Gasteiger partial charge < -0.3 is 4.74 Å². The summed E-state index contributed by atoms with van der Waals surface area (Å²) in [5, 5.41) is 8.68. The first-order valence-corrected chi connectivity index (χ1v) is 5.15. The monoisotopic (exact) mass is 203 g/mol. The Bertz CT molecular complexity index is 390. The van der Waals surface area contributed by atoms with Crippen LogP contribution in [0.25, 0.3) is 0 Å². The molecule has 2 nitrogen and oxygen atoms in total. The first-order chi connectivity index (χ1) is 7.06. The van der Waals surface area contributed by atoms with E-state index in [1.807, 2.05) is 13.8 Å². The van der Waals surface area contributed by atoms with Crippen molar-refractivity contribution in [3.8, 4) is 11.8 Å². The van der Waals surface area contributed by atoms with Crippen molar-refractivity contribution < 1.29 is 4.74 Å². The lowest BCUT2D eigenvalue weighted by Gasteiger charge is -2.14. The van der Waals surface area contributed by atoms with E-state index in [1.165, 1.54) is 11.1 Å². The molecule has 0 aliphatic rings. The van der Waals surface area contributed by atoms with Crippen molar-refractivity contribution in [3.05, 3.63) is 28.8 Å². The van der Waals surface area contributed by atoms with Crippen LogP contribution in [-0.4, -0.2) is 6.61 Å². The molecule has 15 heavy (non-hydrogen) atoms. The van der Waals surface area contributed by atoms with Gasteiger partial charge in [-0.3, -0.25) is 0 Å². The van der Waals surface area contributed by atoms with E-state index in [-0.39, 0.29) is 5.92 Å². The van der Waals surface area contributed by atoms with Crippen LogP contribution < -0.4 is 4.74 Å². The largest absolute Gasteiger partial charge is 0.492 e. The Labute approximate surface area is 91.5 Å². The van der Waals surface area contributed by atoms with Crippen LogP contribution in [0.5, 0.6) is 5.75 Å². The van der Waals surface area contributed by atoms with Crippen LogP contribution >= 0.6 is 0 Å². The number of hydrogen-bond donors (Lipinski definition) is 0. The SMILES string of the molecule is Cc1ccc(C)c(OCC(C)C#N)c1C. The molecule has 0 aromatic heterocycles. The standard InChI is InChI=1S/C13H17NO/c1-9(7-14)8-15-13-11(3)6-5-10(2)12(13)4/h5-6,9H,8H2,1-4H3. The van der Waals surface area contributed by atoms with Gasteiger partial charge in [0.25, 0.3) is 0 Å². The first-order valence-electron chi connectivity index (χ1n) is 5.15. The van der Waals surface area contributed by atoms with Gasteiger partial charge in [0.05, 0.1) is 12.0 Å². The van der Waals surface area contributed by atoms with Crippen molar-refractivity contribution in [3.63, 3.8) is 0 Å². The summed E-state index contributed by atoms with van der Waals surface area (Å²) in [6.45, 7) is 8.46. The van der Waals surface area contributed by atoms with Gasteiger partial charge in [0, 0.05) is 0 Å². The van der Waals surface area contributed by atoms with Gasteiger partial charge >= 0.3 is 0 Å². The summed E-state index contributed by atoms with van der Waals surface area (Å²) in [6, 6.07) is 6.30. The molecule has 1 atom stereocenters. The predicted octanol–water partition coefficient (Wildman–Crippen LogP) is 3.15. The zero-order chi connectivity index (χ0) is 11.4. The summed E-state index contributed by atoms with van der Waals surface area (Å²) >= 11 is 0. The van der Waals surface area contributed by atoms with E-state index in [0.717, 1.165) is 11.3 Å². The van der Waals surface area contributed by atoms with Crippen molar-refractivity contribution in [2.24, 2.45) is 5.92 Å². The van der Waals surface area contributed by atoms with Gasteiger partial charge in [-0.1, -0.05) is 12.1 Å². The highest BCUT2D eigenvalue weighted by Gasteiger charge is 2.08. The Morgan fingerprint density at radius 1 is 1.27 bits per heavy atom. The summed E-state index contributed by atoms with van der Waals surface area (Å²) < 4.78 is 5.68. The number of aryl methyl sites for hydroxylation is 2. The van der Waals surface area contributed by atoms with E-state index < -0.39 is 0 Å². The molecule has 0 aliphatic heterocycles. The molecule has 0 heterocycles. The number of nitriles is 1. The highest BCUT2D eigenvalue weighted by molar-refractivity contribution is 5.44. The Hall–Kier alpha value is -1.49. The zero-order valence-electron chi connectivity index (χ0n) is 9.79. The maximum Gasteiger partial charge on any atom is 0.125 e. The molecule has 1 rings (SSSR count). The van der Waals surface area contributed by atoms with Crippen LogP contribution in [0.2, 0.25) is 0 Å². The van der Waals surface area contributed by atoms with Crippen molar-refractivity contribution in [2.45, 2.75) is 27.7 Å². The first kappa shape index (κ1) is 11.6. The second-order valence-electron chi connectivity index (χ2n) is 3.99. The van der Waals surface area contributed by atoms with E-state index >= 15 is 0 Å². The van der Waals surface area contributed by atoms with Crippen LogP contribution in [0.4, 0.5) is 0 Å². The Morgan fingerprint density at radius 2 is 1.87 bits per heavy atom. The average molecular weight is 203 g/mol. The Kier molecular flexibility index (Phi) is 3.74. The molecule has 0 amide bonds. The van der Waals surface area contributed by atoms with Gasteiger partial charge in [-0.05, 0) is 44.4 Å². The molecule has 0 saturated heterocycles. The van der Waals surface area contributed by atoms with E-state index in [4.69, 9.17) is 10.00 Å². The minimum Gasteiger partial charge on any atom is -0.492 e. The van der Waals surface area contributed by atoms with Crippen LogP contribution in [0.15, 0.2) is 12.1 Å². The van der Waals surface area contributed by atoms with E-state index in [9.17, 15) is 0 Å². The maximum absolute atomic E-state index is 8.68. The molecular weight excluding hydrogens is 186 g/mol. The lowest BCUT2D eigenvalue weighted by molar-refractivity contribution is 0.284. The molecule has 0 bridgehead atoms. The summed E-state index contributed by atoms with van der Waals surface area (Å²) in [6.07, 6.45) is 0. The third-order valence-electron chi connectivity index (χ3n) is 2.57. The quantitative estimate of drug-likeness (QED) is 0.756. The molecule has 0 saturated carbocycles. The van der Waals surface area contributed by atoms with E-state index in [2.05, 4.69) is 32.0 Å². The number of rotatable bonds is 3. The minimum atomic E-state index is -0.0655. The predicted molar refractivity (Wildman–Crippen MR) is 60.9 cm³/mol. The minimum absolute atomic E-state index is 0.0655. The fourth-order valence-corrected chi connectivity index (χ4v) is 1.39. The van der Waals surface area contributed by atoms with Gasteiger partial charge in [0.15, 0.2) is 0 Å². The normalized spacial score (nSPS) is 11.9. The molecule has 0 radical (unpaired) electrons. The van der Waals surface area contributed by atoms with Crippen molar-refractivity contribution in [2.75, 3.05) is 6.61 Å². The number of benzene rings is 1. The highest BCUT2D eigenvalue weighted by Crippen LogP contribution is 2.25. The van der Waals surface area contributed by atoms with E-state index in [1.54, 1.807) is 0 Å². The Balaban J connectivity index is 2.86. The summed E-state index contributed by atoms with van der Waals surface area (Å²) in [5.74, 6) is 0.862. The van der Waals surface area contributed by atoms with Crippen LogP contribution in [0, 0.1) is 38.0 Å². The van der Waals surface area contributed by atoms with Crippen LogP contribution in [0.3, 0.4) is 0 Å². The zero-order valence-corrected chi connectivity index (χ0v) is 9.79. The maximum atomic E-state index is 8.68. The van der Waals surface area contributed by atoms with Crippen LogP contribution in [0.1, 0.15) is 23.6 Å². The summed E-state index contributed by atoms with van der Waals surface area (Å²) in [7, 11) is 0. The topological polar surface area (TPSA) is 33.0 Å². The van der Waals surface area contributed by atoms with Gasteiger partial charge in [-0.25, -0.2) is 0 Å². The molecule has 0 fully saturated rings. The van der Waals surface area contributed by atoms with Gasteiger partial charge in [0.2, 0.25) is 0 Å². The van der Waals surface area contributed by atoms with Crippen molar-refractivity contribution in [1.29, 1.82) is 5.26 Å². The number of hydrogen-bond acceptors (Lipinski definition) is 2. The molecule has 1 aromatic carbocycles. The fraction of sp³-hybridized carbons (Fsp3) is 0.462. The van der Waals surface area contributed by atoms with Gasteiger partial charge in [0.1, 0.15) is 12.4 Å². The second kappa shape index (κ2) is 4.84. The molecular formula is C13H17NO. The third-order valence-corrected chi connectivity index (χ3v) is 2.57. The second-order valence-corrected chi connectivity index (χ2v) is 3.99. The lowest BCUT2D eigenvalue weighted by Crippen LogP contribution is -2.08. The molecule has 80 valence electrons. The number of ether oxygens (including phenoxy) is 1. The van der Waals surface area contributed by atoms with E-state index in [0.29, 0.717) is 6.61 Å². The van der Waals surface area contributed by atoms with Crippen molar-refractivity contribution >= 4 is 0 Å². The summed E-state index contributed by atoms with van der Waals surface area (Å²) in [4.78, 5) is 0. The lowest BCUT2D eigenvalue weighted by atomic mass is 10.1. The van der Waals surface area contributed by atoms with Crippen molar-refractivity contribution in [1.82, 2.24) is 0 Å². The van der Waals surface area contributed by atoms with Crippen LogP contribution in [-0.2, 0) is 0 Å². The summed E-state index contributed by atoms with van der Waals surface area (Å²) in [5.41, 5.74) is 3.52. The Morgan fingerprint density at radius 3 is 2.47 bits per heavy atom. The molecule has 2 heteroatoms. The highest BCUT2D eigenvalue weighted by atomic mass is 16.5. The molecule has 1 unspecified atom stereocenters. The van der Waals surface area contributed by atoms with Gasteiger partial charge in [-0.15, -0.1) is 0 Å². The molecule has 0 spiro atoms. The molecule has 0 aliphatic carbocycles. The fourth-order valence-electron chi connectivity index (χ4n) is 1.39. The van der Waals surface area contributed by atoms with Gasteiger partial charge in [-0.2, -0.15) is 5.26 Å². The molecule has 1 aromatic rings. The third kappa shape index (κ3) is 2.73. The average Bonchev–Trinajstić information content (AvgIpc) is 2.23. The number of nitrogens with zero attached hydrogens (tertiary/aromatic N) is 1. The smallest absolute Gasteiger partial charge is 0.125 e.